The fourth-order valence-electron chi connectivity index (χ4n) is 4.30. The molecule has 4 heterocycles. The van der Waals surface area contributed by atoms with E-state index in [0.717, 1.165) is 57.0 Å². The maximum absolute atomic E-state index is 12.9. The van der Waals surface area contributed by atoms with E-state index in [2.05, 4.69) is 30.0 Å². The largest absolute Gasteiger partial charge is 0.383 e. The van der Waals surface area contributed by atoms with Gasteiger partial charge in [-0.3, -0.25) is 14.4 Å². The number of aromatic nitrogens is 2. The van der Waals surface area contributed by atoms with E-state index in [1.807, 2.05) is 20.9 Å². The first-order valence-corrected chi connectivity index (χ1v) is 11.1. The van der Waals surface area contributed by atoms with E-state index in [4.69, 9.17) is 9.84 Å². The molecule has 152 valence electrons. The van der Waals surface area contributed by atoms with Gasteiger partial charge in [0, 0.05) is 55.5 Å². The van der Waals surface area contributed by atoms with Gasteiger partial charge in [-0.05, 0) is 50.9 Å². The van der Waals surface area contributed by atoms with Crippen molar-refractivity contribution in [2.24, 2.45) is 0 Å². The van der Waals surface area contributed by atoms with Gasteiger partial charge in [0.05, 0.1) is 12.3 Å². The fourth-order valence-corrected chi connectivity index (χ4v) is 5.23. The van der Waals surface area contributed by atoms with Gasteiger partial charge in [0.1, 0.15) is 5.69 Å². The van der Waals surface area contributed by atoms with Crippen LogP contribution in [0.5, 0.6) is 0 Å². The topological polar surface area (TPSA) is 50.6 Å². The molecular formula is C21H30N4O2S. The van der Waals surface area contributed by atoms with E-state index in [-0.39, 0.29) is 5.91 Å². The summed E-state index contributed by atoms with van der Waals surface area (Å²) in [6, 6.07) is 6.50. The number of likely N-dealkylation sites (tertiary alicyclic amines) is 1. The lowest BCUT2D eigenvalue weighted by molar-refractivity contribution is 0.0698. The zero-order valence-electron chi connectivity index (χ0n) is 16.9. The van der Waals surface area contributed by atoms with Crippen molar-refractivity contribution >= 4 is 17.2 Å². The number of hydrogen-bond acceptors (Lipinski definition) is 5. The van der Waals surface area contributed by atoms with E-state index in [1.54, 1.807) is 7.11 Å². The second kappa shape index (κ2) is 8.76. The molecule has 0 spiro atoms. The Morgan fingerprint density at radius 2 is 2.14 bits per heavy atom. The van der Waals surface area contributed by atoms with Crippen molar-refractivity contribution in [3.63, 3.8) is 0 Å². The molecule has 2 aromatic rings. The molecule has 2 aliphatic rings. The molecular weight excluding hydrogens is 372 g/mol. The summed E-state index contributed by atoms with van der Waals surface area (Å²) in [5, 5.41) is 4.86. The fraction of sp³-hybridized carbons (Fsp3) is 0.619. The summed E-state index contributed by atoms with van der Waals surface area (Å²) in [5.41, 5.74) is 1.83. The Kier molecular flexibility index (Phi) is 6.13. The number of carbonyl (C=O) groups is 1. The van der Waals surface area contributed by atoms with E-state index in [1.165, 1.54) is 16.2 Å². The van der Waals surface area contributed by atoms with Gasteiger partial charge in [0.15, 0.2) is 0 Å². The second-order valence-electron chi connectivity index (χ2n) is 7.90. The quantitative estimate of drug-likeness (QED) is 0.745. The number of aryl methyl sites for hydroxylation is 2. The van der Waals surface area contributed by atoms with Crippen LogP contribution in [-0.4, -0.2) is 65.4 Å². The molecule has 1 atom stereocenters. The van der Waals surface area contributed by atoms with Crippen LogP contribution in [0.25, 0.3) is 0 Å². The van der Waals surface area contributed by atoms with Crippen LogP contribution in [0.2, 0.25) is 0 Å². The number of amides is 1. The highest BCUT2D eigenvalue weighted by Crippen LogP contribution is 2.29. The Bertz CT molecular complexity index is 815. The van der Waals surface area contributed by atoms with E-state index >= 15 is 0 Å². The third-order valence-electron chi connectivity index (χ3n) is 5.77. The van der Waals surface area contributed by atoms with Gasteiger partial charge < -0.3 is 9.64 Å². The number of thiophene rings is 1. The molecule has 1 unspecified atom stereocenters. The minimum atomic E-state index is 0.0926. The van der Waals surface area contributed by atoms with Crippen LogP contribution in [0.3, 0.4) is 0 Å². The second-order valence-corrected chi connectivity index (χ2v) is 9.28. The molecule has 0 saturated carbocycles. The van der Waals surface area contributed by atoms with Crippen LogP contribution in [0, 0.1) is 6.92 Å². The first-order valence-electron chi connectivity index (χ1n) is 10.3. The Hall–Kier alpha value is -1.70. The molecule has 7 heteroatoms. The molecule has 4 rings (SSSR count). The lowest BCUT2D eigenvalue weighted by atomic mass is 9.94. The minimum absolute atomic E-state index is 0.0926. The third kappa shape index (κ3) is 4.31. The highest BCUT2D eigenvalue weighted by atomic mass is 32.1. The van der Waals surface area contributed by atoms with Crippen molar-refractivity contribution in [3.05, 3.63) is 39.3 Å². The molecule has 0 aliphatic carbocycles. The van der Waals surface area contributed by atoms with Gasteiger partial charge >= 0.3 is 0 Å². The monoisotopic (exact) mass is 402 g/mol. The van der Waals surface area contributed by atoms with Gasteiger partial charge in [0.2, 0.25) is 0 Å². The molecule has 1 saturated heterocycles. The van der Waals surface area contributed by atoms with Crippen LogP contribution < -0.4 is 0 Å². The predicted molar refractivity (Wildman–Crippen MR) is 111 cm³/mol. The maximum Gasteiger partial charge on any atom is 0.272 e. The Labute approximate surface area is 171 Å². The van der Waals surface area contributed by atoms with Crippen LogP contribution >= 0.6 is 11.3 Å². The van der Waals surface area contributed by atoms with Crippen molar-refractivity contribution < 1.29 is 9.53 Å². The smallest absolute Gasteiger partial charge is 0.272 e. The average Bonchev–Trinajstić information content (AvgIpc) is 3.27. The lowest BCUT2D eigenvalue weighted by Gasteiger charge is -2.31. The van der Waals surface area contributed by atoms with Gasteiger partial charge in [-0.2, -0.15) is 5.10 Å². The zero-order chi connectivity index (χ0) is 19.5. The average molecular weight is 403 g/mol. The summed E-state index contributed by atoms with van der Waals surface area (Å²) in [5.74, 6) is 0.504. The lowest BCUT2D eigenvalue weighted by Crippen LogP contribution is -2.34. The van der Waals surface area contributed by atoms with Crippen molar-refractivity contribution in [1.82, 2.24) is 19.6 Å². The summed E-state index contributed by atoms with van der Waals surface area (Å²) in [4.78, 5) is 20.2. The van der Waals surface area contributed by atoms with Gasteiger partial charge in [0.25, 0.3) is 5.91 Å². The molecule has 1 amide bonds. The van der Waals surface area contributed by atoms with Crippen LogP contribution in [0.15, 0.2) is 18.2 Å². The molecule has 0 radical (unpaired) electrons. The number of ether oxygens (including phenoxy) is 1. The predicted octanol–water partition coefficient (Wildman–Crippen LogP) is 3.12. The third-order valence-corrected chi connectivity index (χ3v) is 6.75. The summed E-state index contributed by atoms with van der Waals surface area (Å²) in [6.45, 7) is 8.16. The Morgan fingerprint density at radius 1 is 1.25 bits per heavy atom. The Balaban J connectivity index is 1.46. The number of piperidine rings is 1. The zero-order valence-corrected chi connectivity index (χ0v) is 17.7. The van der Waals surface area contributed by atoms with E-state index in [9.17, 15) is 4.79 Å². The standard InChI is InChI=1S/C21H30N4O2S/c1-16-6-7-18(28-16)15-23-8-3-5-17(14-23)19-13-20-21(26)24(11-12-27-2)9-4-10-25(20)22-19/h6-7,13,17H,3-5,8-12,14-15H2,1-2H3. The molecule has 0 N–H and O–H groups in total. The SMILES string of the molecule is COCCN1CCCn2nc(C3CCCN(Cc4ccc(C)s4)C3)cc2C1=O. The number of hydrogen-bond donors (Lipinski definition) is 0. The maximum atomic E-state index is 12.9. The minimum Gasteiger partial charge on any atom is -0.383 e. The van der Waals surface area contributed by atoms with Gasteiger partial charge in [-0.25, -0.2) is 0 Å². The van der Waals surface area contributed by atoms with Crippen molar-refractivity contribution in [2.75, 3.05) is 39.9 Å². The van der Waals surface area contributed by atoms with Gasteiger partial charge in [-0.15, -0.1) is 11.3 Å². The number of methoxy groups -OCH3 is 1. The van der Waals surface area contributed by atoms with Crippen LogP contribution in [0.1, 0.15) is 51.1 Å². The van der Waals surface area contributed by atoms with Crippen LogP contribution in [-0.2, 0) is 17.8 Å². The van der Waals surface area contributed by atoms with Crippen molar-refractivity contribution in [1.29, 1.82) is 0 Å². The number of carbonyl (C=O) groups excluding carboxylic acids is 1. The Morgan fingerprint density at radius 3 is 2.93 bits per heavy atom. The first kappa shape index (κ1) is 19.6. The summed E-state index contributed by atoms with van der Waals surface area (Å²) >= 11 is 1.89. The summed E-state index contributed by atoms with van der Waals surface area (Å²) in [6.07, 6.45) is 3.28. The molecule has 0 bridgehead atoms. The molecule has 1 fully saturated rings. The highest BCUT2D eigenvalue weighted by molar-refractivity contribution is 7.11. The van der Waals surface area contributed by atoms with E-state index in [0.29, 0.717) is 19.1 Å². The summed E-state index contributed by atoms with van der Waals surface area (Å²) < 4.78 is 7.10. The number of nitrogens with zero attached hydrogens (tertiary/aromatic N) is 4. The number of rotatable bonds is 6. The molecule has 2 aromatic heterocycles. The van der Waals surface area contributed by atoms with Crippen molar-refractivity contribution in [3.8, 4) is 0 Å². The van der Waals surface area contributed by atoms with Crippen molar-refractivity contribution in [2.45, 2.75) is 45.2 Å². The molecule has 6 nitrogen and oxygen atoms in total. The molecule has 28 heavy (non-hydrogen) atoms. The summed E-state index contributed by atoms with van der Waals surface area (Å²) in [7, 11) is 1.68. The normalized spacial score (nSPS) is 21.0. The van der Waals surface area contributed by atoms with Crippen LogP contribution in [0.4, 0.5) is 0 Å². The molecule has 2 aliphatic heterocycles. The number of fused-ring (bicyclic) bond motifs is 1. The first-order chi connectivity index (χ1) is 13.6. The van der Waals surface area contributed by atoms with E-state index < -0.39 is 0 Å². The highest BCUT2D eigenvalue weighted by Gasteiger charge is 2.29. The van der Waals surface area contributed by atoms with Gasteiger partial charge in [-0.1, -0.05) is 0 Å². The molecule has 0 aromatic carbocycles.